The third-order valence-electron chi connectivity index (χ3n) is 4.50. The Balaban J connectivity index is 1.41. The van der Waals surface area contributed by atoms with Crippen molar-refractivity contribution in [1.29, 1.82) is 0 Å². The molecule has 1 saturated heterocycles. The molecule has 132 valence electrons. The molecule has 1 aliphatic rings. The van der Waals surface area contributed by atoms with Crippen LogP contribution >= 0.6 is 0 Å². The van der Waals surface area contributed by atoms with E-state index in [9.17, 15) is 14.0 Å². The minimum absolute atomic E-state index is 0.0747. The second kappa shape index (κ2) is 6.59. The van der Waals surface area contributed by atoms with Crippen LogP contribution in [0.2, 0.25) is 0 Å². The summed E-state index contributed by atoms with van der Waals surface area (Å²) in [6, 6.07) is 11.8. The van der Waals surface area contributed by atoms with Crippen molar-refractivity contribution in [3.05, 3.63) is 66.4 Å². The maximum atomic E-state index is 13.9. The number of fused-ring (bicyclic) bond motifs is 1. The van der Waals surface area contributed by atoms with E-state index >= 15 is 0 Å². The van der Waals surface area contributed by atoms with Crippen LogP contribution in [0.5, 0.6) is 0 Å². The number of aromatic nitrogens is 2. The molecule has 0 unspecified atom stereocenters. The lowest BCUT2D eigenvalue weighted by Crippen LogP contribution is -2.32. The summed E-state index contributed by atoms with van der Waals surface area (Å²) in [6.45, 7) is 0.460. The summed E-state index contributed by atoms with van der Waals surface area (Å²) < 4.78 is 15.8. The number of hydrogen-bond donors (Lipinski definition) is 1. The van der Waals surface area contributed by atoms with E-state index in [2.05, 4.69) is 10.3 Å². The van der Waals surface area contributed by atoms with Crippen LogP contribution in [0.25, 0.3) is 5.65 Å². The SMILES string of the molecule is O=C(NCc1cn2ccccc2n1)[C@H]1CC(=O)N(c2ccccc2F)C1. The molecule has 0 radical (unpaired) electrons. The van der Waals surface area contributed by atoms with E-state index < -0.39 is 11.7 Å². The predicted octanol–water partition coefficient (Wildman–Crippen LogP) is 2.14. The van der Waals surface area contributed by atoms with Gasteiger partial charge in [-0.05, 0) is 24.3 Å². The van der Waals surface area contributed by atoms with Crippen LogP contribution in [-0.2, 0) is 16.1 Å². The Labute approximate surface area is 149 Å². The molecule has 1 atom stereocenters. The van der Waals surface area contributed by atoms with Crippen LogP contribution in [0.4, 0.5) is 10.1 Å². The summed E-state index contributed by atoms with van der Waals surface area (Å²) in [4.78, 5) is 30.4. The Morgan fingerprint density at radius 1 is 1.23 bits per heavy atom. The molecule has 1 aromatic carbocycles. The first-order valence-corrected chi connectivity index (χ1v) is 8.37. The molecule has 3 aromatic rings. The van der Waals surface area contributed by atoms with Gasteiger partial charge in [0.2, 0.25) is 11.8 Å². The zero-order valence-corrected chi connectivity index (χ0v) is 13.9. The molecule has 1 N–H and O–H groups in total. The number of imidazole rings is 1. The van der Waals surface area contributed by atoms with Crippen molar-refractivity contribution in [3.63, 3.8) is 0 Å². The molecule has 7 heteroatoms. The highest BCUT2D eigenvalue weighted by Crippen LogP contribution is 2.27. The molecule has 0 spiro atoms. The summed E-state index contributed by atoms with van der Waals surface area (Å²) >= 11 is 0. The summed E-state index contributed by atoms with van der Waals surface area (Å²) in [5.74, 6) is -1.44. The first-order chi connectivity index (χ1) is 12.6. The van der Waals surface area contributed by atoms with Gasteiger partial charge in [-0.15, -0.1) is 0 Å². The van der Waals surface area contributed by atoms with Gasteiger partial charge in [0.25, 0.3) is 0 Å². The van der Waals surface area contributed by atoms with Gasteiger partial charge in [0.1, 0.15) is 11.5 Å². The van der Waals surface area contributed by atoms with Crippen LogP contribution in [0, 0.1) is 11.7 Å². The number of benzene rings is 1. The van der Waals surface area contributed by atoms with Gasteiger partial charge >= 0.3 is 0 Å². The van der Waals surface area contributed by atoms with Crippen molar-refractivity contribution >= 4 is 23.1 Å². The normalized spacial score (nSPS) is 17.0. The first kappa shape index (κ1) is 16.3. The third-order valence-corrected chi connectivity index (χ3v) is 4.50. The lowest BCUT2D eigenvalue weighted by atomic mass is 10.1. The second-order valence-corrected chi connectivity index (χ2v) is 6.27. The van der Waals surface area contributed by atoms with E-state index in [1.807, 2.05) is 35.0 Å². The van der Waals surface area contributed by atoms with Gasteiger partial charge in [0.05, 0.1) is 23.8 Å². The topological polar surface area (TPSA) is 66.7 Å². The van der Waals surface area contributed by atoms with Crippen molar-refractivity contribution in [2.45, 2.75) is 13.0 Å². The highest BCUT2D eigenvalue weighted by Gasteiger charge is 2.36. The minimum atomic E-state index is -0.501. The average molecular weight is 352 g/mol. The van der Waals surface area contributed by atoms with Gasteiger partial charge in [-0.2, -0.15) is 0 Å². The number of para-hydroxylation sites is 1. The van der Waals surface area contributed by atoms with E-state index in [0.717, 1.165) is 11.3 Å². The number of pyridine rings is 1. The molecule has 2 aromatic heterocycles. The first-order valence-electron chi connectivity index (χ1n) is 8.37. The van der Waals surface area contributed by atoms with E-state index in [1.54, 1.807) is 18.2 Å². The maximum absolute atomic E-state index is 13.9. The summed E-state index contributed by atoms with van der Waals surface area (Å²) in [5, 5.41) is 2.82. The van der Waals surface area contributed by atoms with Crippen molar-refractivity contribution < 1.29 is 14.0 Å². The standard InChI is InChI=1S/C19H17FN4O2/c20-15-5-1-2-6-16(15)24-11-13(9-18(24)25)19(26)21-10-14-12-23-8-4-3-7-17(23)22-14/h1-8,12-13H,9-11H2,(H,21,26)/t13-/m0/s1. The number of amides is 2. The largest absolute Gasteiger partial charge is 0.350 e. The van der Waals surface area contributed by atoms with Gasteiger partial charge in [-0.1, -0.05) is 18.2 Å². The Morgan fingerprint density at radius 2 is 2.04 bits per heavy atom. The van der Waals surface area contributed by atoms with E-state index in [1.165, 1.54) is 11.0 Å². The van der Waals surface area contributed by atoms with Gasteiger partial charge in [-0.25, -0.2) is 9.37 Å². The number of hydrogen-bond acceptors (Lipinski definition) is 3. The Morgan fingerprint density at radius 3 is 2.85 bits per heavy atom. The van der Waals surface area contributed by atoms with Crippen molar-refractivity contribution in [2.24, 2.45) is 5.92 Å². The number of anilines is 1. The molecule has 4 rings (SSSR count). The Bertz CT molecular complexity index is 951. The molecule has 2 amide bonds. The fourth-order valence-electron chi connectivity index (χ4n) is 3.18. The zero-order valence-electron chi connectivity index (χ0n) is 13.9. The Kier molecular flexibility index (Phi) is 4.12. The molecule has 1 aliphatic heterocycles. The van der Waals surface area contributed by atoms with Crippen molar-refractivity contribution in [2.75, 3.05) is 11.4 Å². The number of nitrogens with zero attached hydrogens (tertiary/aromatic N) is 3. The molecular weight excluding hydrogens is 335 g/mol. The number of carbonyl (C=O) groups excluding carboxylic acids is 2. The van der Waals surface area contributed by atoms with Crippen LogP contribution < -0.4 is 10.2 Å². The number of rotatable bonds is 4. The molecule has 0 aliphatic carbocycles. The summed E-state index contributed by atoms with van der Waals surface area (Å²) in [5.41, 5.74) is 1.76. The smallest absolute Gasteiger partial charge is 0.227 e. The fourth-order valence-corrected chi connectivity index (χ4v) is 3.18. The Hall–Kier alpha value is -3.22. The third kappa shape index (κ3) is 3.03. The molecular formula is C19H17FN4O2. The quantitative estimate of drug-likeness (QED) is 0.782. The molecule has 0 saturated carbocycles. The fraction of sp³-hybridized carbons (Fsp3) is 0.211. The number of halogens is 1. The second-order valence-electron chi connectivity index (χ2n) is 6.27. The molecule has 6 nitrogen and oxygen atoms in total. The van der Waals surface area contributed by atoms with Crippen LogP contribution in [0.3, 0.4) is 0 Å². The highest BCUT2D eigenvalue weighted by molar-refractivity contribution is 6.00. The molecule has 0 bridgehead atoms. The van der Waals surface area contributed by atoms with Crippen LogP contribution in [0.1, 0.15) is 12.1 Å². The highest BCUT2D eigenvalue weighted by atomic mass is 19.1. The number of carbonyl (C=O) groups is 2. The molecule has 1 fully saturated rings. The molecule has 26 heavy (non-hydrogen) atoms. The van der Waals surface area contributed by atoms with Crippen LogP contribution in [-0.4, -0.2) is 27.7 Å². The summed E-state index contributed by atoms with van der Waals surface area (Å²) in [6.07, 6.45) is 3.81. The predicted molar refractivity (Wildman–Crippen MR) is 93.9 cm³/mol. The van der Waals surface area contributed by atoms with Gasteiger partial charge in [0.15, 0.2) is 0 Å². The monoisotopic (exact) mass is 352 g/mol. The van der Waals surface area contributed by atoms with Crippen molar-refractivity contribution in [3.8, 4) is 0 Å². The van der Waals surface area contributed by atoms with E-state index in [0.29, 0.717) is 0 Å². The van der Waals surface area contributed by atoms with Gasteiger partial charge < -0.3 is 14.6 Å². The van der Waals surface area contributed by atoms with Gasteiger partial charge in [0, 0.05) is 25.4 Å². The van der Waals surface area contributed by atoms with Crippen LogP contribution in [0.15, 0.2) is 54.9 Å². The van der Waals surface area contributed by atoms with E-state index in [4.69, 9.17) is 0 Å². The van der Waals surface area contributed by atoms with Crippen molar-refractivity contribution in [1.82, 2.24) is 14.7 Å². The minimum Gasteiger partial charge on any atom is -0.350 e. The summed E-state index contributed by atoms with van der Waals surface area (Å²) in [7, 11) is 0. The van der Waals surface area contributed by atoms with Gasteiger partial charge in [-0.3, -0.25) is 9.59 Å². The zero-order chi connectivity index (χ0) is 18.1. The number of nitrogens with one attached hydrogen (secondary N) is 1. The lowest BCUT2D eigenvalue weighted by molar-refractivity contribution is -0.126. The average Bonchev–Trinajstić information content (AvgIpc) is 3.23. The maximum Gasteiger partial charge on any atom is 0.227 e. The van der Waals surface area contributed by atoms with E-state index in [-0.39, 0.29) is 37.0 Å². The molecule has 3 heterocycles. The lowest BCUT2D eigenvalue weighted by Gasteiger charge is -2.17.